The number of esters is 1. The van der Waals surface area contributed by atoms with Gasteiger partial charge in [-0.2, -0.15) is 0 Å². The van der Waals surface area contributed by atoms with Crippen molar-refractivity contribution in [3.63, 3.8) is 0 Å². The molecule has 3 nitrogen and oxygen atoms in total. The number of aryl methyl sites for hydroxylation is 1. The second kappa shape index (κ2) is 5.95. The first-order valence-electron chi connectivity index (χ1n) is 4.83. The first-order valence-corrected chi connectivity index (χ1v) is 5.91. The maximum Gasteiger partial charge on any atom is 0.306 e. The van der Waals surface area contributed by atoms with E-state index in [1.54, 1.807) is 6.92 Å². The lowest BCUT2D eigenvalue weighted by atomic mass is 10.1. The molecule has 0 aromatic heterocycles. The average Bonchev–Trinajstić information content (AvgIpc) is 2.20. The molecule has 1 rings (SSSR count). The number of carbonyl (C=O) groups is 1. The van der Waals surface area contributed by atoms with E-state index in [0.717, 1.165) is 14.8 Å². The summed E-state index contributed by atoms with van der Waals surface area (Å²) in [4.78, 5) is 11.1. The molecular formula is C11H14INO2. The molecule has 0 amide bonds. The lowest BCUT2D eigenvalue weighted by Gasteiger charge is -2.05. The molecule has 15 heavy (non-hydrogen) atoms. The minimum absolute atomic E-state index is 0.171. The molecule has 0 aliphatic rings. The molecule has 1 aromatic rings. The van der Waals surface area contributed by atoms with Crippen molar-refractivity contribution in [1.82, 2.24) is 0 Å². The highest BCUT2D eigenvalue weighted by Crippen LogP contribution is 2.17. The number of nitrogens with two attached hydrogens (primary N) is 1. The highest BCUT2D eigenvalue weighted by atomic mass is 127. The predicted molar refractivity (Wildman–Crippen MR) is 68.5 cm³/mol. The quantitative estimate of drug-likeness (QED) is 0.527. The van der Waals surface area contributed by atoms with Crippen molar-refractivity contribution in [2.45, 2.75) is 19.8 Å². The lowest BCUT2D eigenvalue weighted by molar-refractivity contribution is -0.143. The van der Waals surface area contributed by atoms with Gasteiger partial charge < -0.3 is 10.5 Å². The maximum absolute atomic E-state index is 11.1. The Balaban J connectivity index is 2.57. The van der Waals surface area contributed by atoms with Crippen molar-refractivity contribution < 1.29 is 9.53 Å². The third-order valence-electron chi connectivity index (χ3n) is 2.01. The number of rotatable bonds is 4. The van der Waals surface area contributed by atoms with Crippen LogP contribution in [0.1, 0.15) is 18.9 Å². The average molecular weight is 319 g/mol. The van der Waals surface area contributed by atoms with Gasteiger partial charge in [-0.05, 0) is 59.7 Å². The minimum atomic E-state index is -0.171. The Morgan fingerprint density at radius 1 is 1.53 bits per heavy atom. The van der Waals surface area contributed by atoms with E-state index >= 15 is 0 Å². The molecule has 2 N–H and O–H groups in total. The number of hydrogen-bond acceptors (Lipinski definition) is 3. The highest BCUT2D eigenvalue weighted by molar-refractivity contribution is 14.1. The summed E-state index contributed by atoms with van der Waals surface area (Å²) in [5, 5.41) is 0. The first kappa shape index (κ1) is 12.3. The summed E-state index contributed by atoms with van der Waals surface area (Å²) in [6.45, 7) is 2.23. The van der Waals surface area contributed by atoms with Crippen LogP contribution < -0.4 is 5.73 Å². The Labute approximate surface area is 103 Å². The molecule has 82 valence electrons. The molecule has 0 atom stereocenters. The van der Waals surface area contributed by atoms with Crippen molar-refractivity contribution in [2.75, 3.05) is 12.3 Å². The summed E-state index contributed by atoms with van der Waals surface area (Å²) in [5.41, 5.74) is 7.54. The molecule has 4 heteroatoms. The predicted octanol–water partition coefficient (Wildman–Crippen LogP) is 2.37. The van der Waals surface area contributed by atoms with E-state index in [-0.39, 0.29) is 5.97 Å². The van der Waals surface area contributed by atoms with Crippen LogP contribution in [0.25, 0.3) is 0 Å². The highest BCUT2D eigenvalue weighted by Gasteiger charge is 2.05. The fourth-order valence-corrected chi connectivity index (χ4v) is 1.82. The molecule has 0 saturated carbocycles. The number of hydrogen-bond donors (Lipinski definition) is 1. The molecule has 0 bridgehead atoms. The zero-order valence-corrected chi connectivity index (χ0v) is 10.8. The zero-order chi connectivity index (χ0) is 11.3. The van der Waals surface area contributed by atoms with Gasteiger partial charge in [0.25, 0.3) is 0 Å². The Morgan fingerprint density at radius 3 is 2.93 bits per heavy atom. The minimum Gasteiger partial charge on any atom is -0.466 e. The van der Waals surface area contributed by atoms with Crippen LogP contribution in [0.2, 0.25) is 0 Å². The molecule has 0 aliphatic heterocycles. The molecule has 0 heterocycles. The molecule has 0 spiro atoms. The topological polar surface area (TPSA) is 52.3 Å². The van der Waals surface area contributed by atoms with Crippen molar-refractivity contribution in [2.24, 2.45) is 0 Å². The number of ether oxygens (including phenoxy) is 1. The molecule has 0 fully saturated rings. The summed E-state index contributed by atoms with van der Waals surface area (Å²) in [6.07, 6.45) is 1.03. The number of halogens is 1. The number of nitrogen functional groups attached to an aromatic ring is 1. The van der Waals surface area contributed by atoms with E-state index in [1.165, 1.54) is 0 Å². The fraction of sp³-hybridized carbons (Fsp3) is 0.364. The zero-order valence-electron chi connectivity index (χ0n) is 8.63. The van der Waals surface area contributed by atoms with Gasteiger partial charge in [-0.3, -0.25) is 4.79 Å². The summed E-state index contributed by atoms with van der Waals surface area (Å²) >= 11 is 2.22. The Morgan fingerprint density at radius 2 is 2.27 bits per heavy atom. The Bertz CT molecular complexity index is 352. The van der Waals surface area contributed by atoms with Gasteiger partial charge in [0.15, 0.2) is 0 Å². The normalized spacial score (nSPS) is 10.0. The molecule has 1 aromatic carbocycles. The van der Waals surface area contributed by atoms with Gasteiger partial charge in [-0.25, -0.2) is 0 Å². The van der Waals surface area contributed by atoms with Crippen molar-refractivity contribution >= 4 is 34.2 Å². The van der Waals surface area contributed by atoms with Crippen molar-refractivity contribution in [3.8, 4) is 0 Å². The smallest absolute Gasteiger partial charge is 0.306 e. The number of benzene rings is 1. The van der Waals surface area contributed by atoms with Crippen molar-refractivity contribution in [1.29, 1.82) is 0 Å². The first-order chi connectivity index (χ1) is 7.13. The third kappa shape index (κ3) is 4.07. The van der Waals surface area contributed by atoms with Gasteiger partial charge >= 0.3 is 5.97 Å². The Hall–Kier alpha value is -0.780. The van der Waals surface area contributed by atoms with Crippen LogP contribution in [-0.2, 0) is 16.0 Å². The summed E-state index contributed by atoms with van der Waals surface area (Å²) in [5.74, 6) is -0.171. The van der Waals surface area contributed by atoms with E-state index in [4.69, 9.17) is 10.5 Å². The molecule has 0 unspecified atom stereocenters. The number of carbonyl (C=O) groups excluding carboxylic acids is 1. The van der Waals surface area contributed by atoms with E-state index in [0.29, 0.717) is 19.4 Å². The van der Waals surface area contributed by atoms with E-state index in [1.807, 2.05) is 18.2 Å². The monoisotopic (exact) mass is 319 g/mol. The van der Waals surface area contributed by atoms with Crippen LogP contribution in [0.5, 0.6) is 0 Å². The van der Waals surface area contributed by atoms with Gasteiger partial charge in [-0.1, -0.05) is 0 Å². The standard InChI is InChI=1S/C11H14INO2/c1-2-15-11(14)6-3-8-7-9(12)4-5-10(8)13/h4-5,7H,2-3,6,13H2,1H3. The maximum atomic E-state index is 11.1. The van der Waals surface area contributed by atoms with Gasteiger partial charge in [0.05, 0.1) is 6.61 Å². The van der Waals surface area contributed by atoms with Crippen LogP contribution >= 0.6 is 22.6 Å². The molecule has 0 radical (unpaired) electrons. The van der Waals surface area contributed by atoms with E-state index < -0.39 is 0 Å². The summed E-state index contributed by atoms with van der Waals surface area (Å²) < 4.78 is 5.98. The van der Waals surface area contributed by atoms with Crippen molar-refractivity contribution in [3.05, 3.63) is 27.3 Å². The van der Waals surface area contributed by atoms with E-state index in [2.05, 4.69) is 22.6 Å². The summed E-state index contributed by atoms with van der Waals surface area (Å²) in [7, 11) is 0. The summed E-state index contributed by atoms with van der Waals surface area (Å²) in [6, 6.07) is 5.81. The van der Waals surface area contributed by atoms with E-state index in [9.17, 15) is 4.79 Å². The SMILES string of the molecule is CCOC(=O)CCc1cc(I)ccc1N. The van der Waals surface area contributed by atoms with Crippen LogP contribution in [0.4, 0.5) is 5.69 Å². The van der Waals surface area contributed by atoms with Crippen LogP contribution in [0.3, 0.4) is 0 Å². The van der Waals surface area contributed by atoms with Gasteiger partial charge in [-0.15, -0.1) is 0 Å². The molecule has 0 saturated heterocycles. The Kier molecular flexibility index (Phi) is 4.87. The third-order valence-corrected chi connectivity index (χ3v) is 2.68. The van der Waals surface area contributed by atoms with Crippen LogP contribution in [-0.4, -0.2) is 12.6 Å². The number of anilines is 1. The largest absolute Gasteiger partial charge is 0.466 e. The fourth-order valence-electron chi connectivity index (χ4n) is 1.26. The van der Waals surface area contributed by atoms with Gasteiger partial charge in [0, 0.05) is 15.7 Å². The molecule has 0 aliphatic carbocycles. The second-order valence-corrected chi connectivity index (χ2v) is 4.39. The van der Waals surface area contributed by atoms with Crippen LogP contribution in [0.15, 0.2) is 18.2 Å². The lowest BCUT2D eigenvalue weighted by Crippen LogP contribution is -2.06. The van der Waals surface area contributed by atoms with Crippen LogP contribution in [0, 0.1) is 3.57 Å². The molecular weight excluding hydrogens is 305 g/mol. The van der Waals surface area contributed by atoms with Gasteiger partial charge in [0.2, 0.25) is 0 Å². The second-order valence-electron chi connectivity index (χ2n) is 3.15. The van der Waals surface area contributed by atoms with Gasteiger partial charge in [0.1, 0.15) is 0 Å².